The van der Waals surface area contributed by atoms with Crippen molar-refractivity contribution < 1.29 is 14.3 Å². The van der Waals surface area contributed by atoms with Crippen molar-refractivity contribution in [3.05, 3.63) is 63.6 Å². The molecule has 0 saturated carbocycles. The number of rotatable bonds is 4. The molecule has 2 aromatic carbocycles. The van der Waals surface area contributed by atoms with Crippen LogP contribution in [-0.4, -0.2) is 18.0 Å². The summed E-state index contributed by atoms with van der Waals surface area (Å²) in [6.07, 6.45) is -0.958. The lowest BCUT2D eigenvalue weighted by Gasteiger charge is -2.14. The van der Waals surface area contributed by atoms with Gasteiger partial charge >= 0.3 is 5.97 Å². The Morgan fingerprint density at radius 1 is 1.09 bits per heavy atom. The van der Waals surface area contributed by atoms with Crippen LogP contribution >= 0.6 is 23.2 Å². The van der Waals surface area contributed by atoms with Crippen molar-refractivity contribution in [3.8, 4) is 0 Å². The van der Waals surface area contributed by atoms with E-state index < -0.39 is 18.0 Å². The number of hydrogen-bond donors (Lipinski definition) is 1. The first kappa shape index (κ1) is 17.3. The van der Waals surface area contributed by atoms with Gasteiger partial charge in [0.05, 0.1) is 5.56 Å². The van der Waals surface area contributed by atoms with Crippen LogP contribution in [0.1, 0.15) is 22.8 Å². The van der Waals surface area contributed by atoms with Gasteiger partial charge in [-0.1, -0.05) is 40.9 Å². The molecule has 2 aromatic rings. The van der Waals surface area contributed by atoms with Gasteiger partial charge in [-0.25, -0.2) is 4.79 Å². The zero-order chi connectivity index (χ0) is 17.0. The summed E-state index contributed by atoms with van der Waals surface area (Å²) >= 11 is 11.7. The topological polar surface area (TPSA) is 55.4 Å². The van der Waals surface area contributed by atoms with Crippen LogP contribution in [0.4, 0.5) is 5.69 Å². The highest BCUT2D eigenvalue weighted by Crippen LogP contribution is 2.22. The fourth-order valence-corrected chi connectivity index (χ4v) is 2.45. The van der Waals surface area contributed by atoms with Gasteiger partial charge in [0.2, 0.25) is 0 Å². The van der Waals surface area contributed by atoms with Crippen molar-refractivity contribution in [2.45, 2.75) is 20.0 Å². The summed E-state index contributed by atoms with van der Waals surface area (Å²) in [4.78, 5) is 24.1. The third-order valence-electron chi connectivity index (χ3n) is 3.04. The molecule has 23 heavy (non-hydrogen) atoms. The standard InChI is InChI=1S/C17H15Cl2NO3/c1-10-4-3-5-12(6-10)17(22)23-11(2)16(21)20-15-8-13(18)7-14(19)9-15/h3-9,11H,1-2H3,(H,20,21). The summed E-state index contributed by atoms with van der Waals surface area (Å²) in [5.41, 5.74) is 1.77. The first-order chi connectivity index (χ1) is 10.8. The van der Waals surface area contributed by atoms with Crippen LogP contribution in [0.15, 0.2) is 42.5 Å². The lowest BCUT2D eigenvalue weighted by atomic mass is 10.1. The summed E-state index contributed by atoms with van der Waals surface area (Å²) in [6.45, 7) is 3.37. The van der Waals surface area contributed by atoms with E-state index in [0.29, 0.717) is 21.3 Å². The predicted molar refractivity (Wildman–Crippen MR) is 91.1 cm³/mol. The molecule has 0 fully saturated rings. The Bertz CT molecular complexity index is 726. The fourth-order valence-electron chi connectivity index (χ4n) is 1.92. The van der Waals surface area contributed by atoms with Crippen molar-refractivity contribution in [3.63, 3.8) is 0 Å². The third-order valence-corrected chi connectivity index (χ3v) is 3.47. The van der Waals surface area contributed by atoms with E-state index in [2.05, 4.69) is 5.32 Å². The highest BCUT2D eigenvalue weighted by atomic mass is 35.5. The van der Waals surface area contributed by atoms with Gasteiger partial charge in [0.1, 0.15) is 0 Å². The summed E-state index contributed by atoms with van der Waals surface area (Å²) in [5, 5.41) is 3.41. The number of hydrogen-bond acceptors (Lipinski definition) is 3. The van der Waals surface area contributed by atoms with Crippen molar-refractivity contribution in [1.29, 1.82) is 0 Å². The normalized spacial score (nSPS) is 11.7. The number of carbonyl (C=O) groups excluding carboxylic acids is 2. The van der Waals surface area contributed by atoms with Gasteiger partial charge in [-0.3, -0.25) is 4.79 Å². The molecule has 0 aliphatic carbocycles. The Morgan fingerprint density at radius 2 is 1.74 bits per heavy atom. The van der Waals surface area contributed by atoms with Gasteiger partial charge in [0.25, 0.3) is 5.91 Å². The summed E-state index contributed by atoms with van der Waals surface area (Å²) in [7, 11) is 0. The number of nitrogens with one attached hydrogen (secondary N) is 1. The van der Waals surface area contributed by atoms with Crippen molar-refractivity contribution >= 4 is 40.8 Å². The van der Waals surface area contributed by atoms with Gasteiger partial charge in [-0.15, -0.1) is 0 Å². The molecule has 2 rings (SSSR count). The maximum Gasteiger partial charge on any atom is 0.338 e. The minimum atomic E-state index is -0.958. The molecule has 4 nitrogen and oxygen atoms in total. The monoisotopic (exact) mass is 351 g/mol. The van der Waals surface area contributed by atoms with E-state index in [-0.39, 0.29) is 0 Å². The van der Waals surface area contributed by atoms with Crippen molar-refractivity contribution in [2.24, 2.45) is 0 Å². The van der Waals surface area contributed by atoms with Crippen LogP contribution < -0.4 is 5.32 Å². The van der Waals surface area contributed by atoms with Crippen molar-refractivity contribution in [1.82, 2.24) is 0 Å². The van der Waals surface area contributed by atoms with Crippen molar-refractivity contribution in [2.75, 3.05) is 5.32 Å². The van der Waals surface area contributed by atoms with E-state index in [9.17, 15) is 9.59 Å². The van der Waals surface area contributed by atoms with E-state index in [4.69, 9.17) is 27.9 Å². The Labute approximate surface area is 144 Å². The van der Waals surface area contributed by atoms with Gasteiger partial charge in [0.15, 0.2) is 6.10 Å². The summed E-state index contributed by atoms with van der Waals surface area (Å²) < 4.78 is 5.17. The number of ether oxygens (including phenoxy) is 1. The minimum absolute atomic E-state index is 0.399. The Morgan fingerprint density at radius 3 is 2.35 bits per heavy atom. The summed E-state index contributed by atoms with van der Waals surface area (Å²) in [6, 6.07) is 11.6. The van der Waals surface area contributed by atoms with Gasteiger partial charge in [0, 0.05) is 15.7 Å². The first-order valence-corrected chi connectivity index (χ1v) is 7.65. The number of halogens is 2. The van der Waals surface area contributed by atoms with Crippen LogP contribution in [0.5, 0.6) is 0 Å². The molecule has 0 aromatic heterocycles. The van der Waals surface area contributed by atoms with Gasteiger partial charge < -0.3 is 10.1 Å². The van der Waals surface area contributed by atoms with E-state index in [1.54, 1.807) is 36.4 Å². The molecule has 0 aliphatic rings. The number of benzene rings is 2. The van der Waals surface area contributed by atoms with E-state index >= 15 is 0 Å². The third kappa shape index (κ3) is 4.98. The fraction of sp³-hybridized carbons (Fsp3) is 0.176. The minimum Gasteiger partial charge on any atom is -0.449 e. The maximum absolute atomic E-state index is 12.1. The predicted octanol–water partition coefficient (Wildman–Crippen LogP) is 4.49. The molecule has 120 valence electrons. The smallest absolute Gasteiger partial charge is 0.338 e. The second-order valence-electron chi connectivity index (χ2n) is 5.06. The molecule has 6 heteroatoms. The Kier molecular flexibility index (Phi) is 5.64. The molecule has 1 atom stereocenters. The van der Waals surface area contributed by atoms with Crippen LogP contribution in [0.2, 0.25) is 10.0 Å². The van der Waals surface area contributed by atoms with Crippen LogP contribution in [0.3, 0.4) is 0 Å². The average Bonchev–Trinajstić information content (AvgIpc) is 2.45. The average molecular weight is 352 g/mol. The lowest BCUT2D eigenvalue weighted by molar-refractivity contribution is -0.123. The largest absolute Gasteiger partial charge is 0.449 e. The van der Waals surface area contributed by atoms with Gasteiger partial charge in [-0.2, -0.15) is 0 Å². The highest BCUT2D eigenvalue weighted by molar-refractivity contribution is 6.35. The lowest BCUT2D eigenvalue weighted by Crippen LogP contribution is -2.30. The molecule has 1 N–H and O–H groups in total. The molecule has 0 spiro atoms. The van der Waals surface area contributed by atoms with E-state index in [1.165, 1.54) is 6.92 Å². The van der Waals surface area contributed by atoms with Gasteiger partial charge in [-0.05, 0) is 44.2 Å². The molecular weight excluding hydrogens is 337 g/mol. The number of esters is 1. The van der Waals surface area contributed by atoms with Crippen LogP contribution in [-0.2, 0) is 9.53 Å². The molecule has 0 heterocycles. The first-order valence-electron chi connectivity index (χ1n) is 6.90. The number of carbonyl (C=O) groups is 2. The van der Waals surface area contributed by atoms with E-state index in [0.717, 1.165) is 5.56 Å². The SMILES string of the molecule is Cc1cccc(C(=O)OC(C)C(=O)Nc2cc(Cl)cc(Cl)c2)c1. The summed E-state index contributed by atoms with van der Waals surface area (Å²) in [5.74, 6) is -1.02. The quantitative estimate of drug-likeness (QED) is 0.825. The zero-order valence-corrected chi connectivity index (χ0v) is 14.1. The second-order valence-corrected chi connectivity index (χ2v) is 5.94. The molecule has 1 unspecified atom stereocenters. The Balaban J connectivity index is 2.01. The highest BCUT2D eigenvalue weighted by Gasteiger charge is 2.19. The molecule has 0 aliphatic heterocycles. The van der Waals surface area contributed by atoms with Crippen LogP contribution in [0, 0.1) is 6.92 Å². The number of anilines is 1. The molecule has 1 amide bonds. The second kappa shape index (κ2) is 7.49. The molecular formula is C17H15Cl2NO3. The zero-order valence-electron chi connectivity index (χ0n) is 12.6. The Hall–Kier alpha value is -2.04. The number of amides is 1. The van der Waals surface area contributed by atoms with E-state index in [1.807, 2.05) is 13.0 Å². The molecule has 0 bridgehead atoms. The molecule has 0 radical (unpaired) electrons. The number of aryl methyl sites for hydroxylation is 1. The maximum atomic E-state index is 12.1. The molecule has 0 saturated heterocycles. The van der Waals surface area contributed by atoms with Crippen LogP contribution in [0.25, 0.3) is 0 Å².